The van der Waals surface area contributed by atoms with Gasteiger partial charge in [0.2, 0.25) is 10.0 Å². The van der Waals surface area contributed by atoms with Gasteiger partial charge >= 0.3 is 0 Å². The molecule has 0 aromatic heterocycles. The number of hydrogen-bond acceptors (Lipinski definition) is 6. The molecule has 1 fully saturated rings. The highest BCUT2D eigenvalue weighted by atomic mass is 32.2. The number of nitrogens with one attached hydrogen (secondary N) is 1. The van der Waals surface area contributed by atoms with E-state index < -0.39 is 15.9 Å². The Hall–Kier alpha value is -2.78. The standard InChI is InChI=1S/C19H22N2O6S/c1-26-13-5-7-16(18(11-13)27-2)20-19(23)15-12-14(6-8-17(15)22)28(24,25)21-9-3-4-10-21/h5-8,11-12,22H,3-4,9-10H2,1-2H3,(H,20,23). The third-order valence-electron chi connectivity index (χ3n) is 4.57. The zero-order valence-corrected chi connectivity index (χ0v) is 16.5. The summed E-state index contributed by atoms with van der Waals surface area (Å²) in [7, 11) is -0.744. The van der Waals surface area contributed by atoms with Gasteiger partial charge in [0.05, 0.1) is 30.4 Å². The molecule has 150 valence electrons. The number of methoxy groups -OCH3 is 2. The van der Waals surface area contributed by atoms with Crippen molar-refractivity contribution in [3.05, 3.63) is 42.0 Å². The first kappa shape index (κ1) is 20.0. The molecule has 1 aliphatic heterocycles. The number of aromatic hydroxyl groups is 1. The summed E-state index contributed by atoms with van der Waals surface area (Å²) in [6, 6.07) is 8.54. The highest BCUT2D eigenvalue weighted by molar-refractivity contribution is 7.89. The van der Waals surface area contributed by atoms with Gasteiger partial charge in [-0.15, -0.1) is 0 Å². The van der Waals surface area contributed by atoms with Crippen molar-refractivity contribution in [2.45, 2.75) is 17.7 Å². The quantitative estimate of drug-likeness (QED) is 0.763. The third-order valence-corrected chi connectivity index (χ3v) is 6.47. The average molecular weight is 406 g/mol. The summed E-state index contributed by atoms with van der Waals surface area (Å²) >= 11 is 0. The van der Waals surface area contributed by atoms with Gasteiger partial charge in [-0.2, -0.15) is 4.31 Å². The van der Waals surface area contributed by atoms with Crippen LogP contribution in [0.25, 0.3) is 0 Å². The van der Waals surface area contributed by atoms with Crippen LogP contribution < -0.4 is 14.8 Å². The van der Waals surface area contributed by atoms with Crippen molar-refractivity contribution in [2.75, 3.05) is 32.6 Å². The number of ether oxygens (including phenoxy) is 2. The van der Waals surface area contributed by atoms with Crippen LogP contribution in [0, 0.1) is 0 Å². The number of phenolic OH excluding ortho intramolecular Hbond substituents is 1. The fraction of sp³-hybridized carbons (Fsp3) is 0.316. The van der Waals surface area contributed by atoms with Gasteiger partial charge in [-0.1, -0.05) is 0 Å². The molecule has 0 atom stereocenters. The van der Waals surface area contributed by atoms with Crippen LogP contribution in [0.3, 0.4) is 0 Å². The van der Waals surface area contributed by atoms with Crippen molar-refractivity contribution in [1.82, 2.24) is 4.31 Å². The van der Waals surface area contributed by atoms with E-state index in [1.165, 1.54) is 36.7 Å². The Morgan fingerprint density at radius 2 is 1.79 bits per heavy atom. The van der Waals surface area contributed by atoms with E-state index in [0.717, 1.165) is 12.8 Å². The van der Waals surface area contributed by atoms with Crippen molar-refractivity contribution < 1.29 is 27.8 Å². The van der Waals surface area contributed by atoms with Gasteiger partial charge in [0.25, 0.3) is 5.91 Å². The summed E-state index contributed by atoms with van der Waals surface area (Å²) in [6.45, 7) is 0.904. The Balaban J connectivity index is 1.90. The summed E-state index contributed by atoms with van der Waals surface area (Å²) in [4.78, 5) is 12.7. The lowest BCUT2D eigenvalue weighted by atomic mass is 10.1. The summed E-state index contributed by atoms with van der Waals surface area (Å²) in [5.74, 6) is -0.0470. The number of carbonyl (C=O) groups excluding carboxylic acids is 1. The molecule has 0 unspecified atom stereocenters. The van der Waals surface area contributed by atoms with Crippen LogP contribution in [-0.4, -0.2) is 51.0 Å². The molecule has 9 heteroatoms. The van der Waals surface area contributed by atoms with E-state index in [0.29, 0.717) is 30.3 Å². The van der Waals surface area contributed by atoms with Gasteiger partial charge in [0, 0.05) is 19.2 Å². The third kappa shape index (κ3) is 3.90. The maximum atomic E-state index is 12.7. The molecule has 2 aromatic carbocycles. The molecule has 1 heterocycles. The van der Waals surface area contributed by atoms with Crippen molar-refractivity contribution in [2.24, 2.45) is 0 Å². The van der Waals surface area contributed by atoms with E-state index in [4.69, 9.17) is 9.47 Å². The topological polar surface area (TPSA) is 105 Å². The minimum Gasteiger partial charge on any atom is -0.507 e. The molecule has 1 saturated heterocycles. The molecule has 0 radical (unpaired) electrons. The zero-order chi connectivity index (χ0) is 20.3. The SMILES string of the molecule is COc1ccc(NC(=O)c2cc(S(=O)(=O)N3CCCC3)ccc2O)c(OC)c1. The predicted molar refractivity (Wildman–Crippen MR) is 104 cm³/mol. The number of phenols is 1. The van der Waals surface area contributed by atoms with E-state index in [-0.39, 0.29) is 16.2 Å². The van der Waals surface area contributed by atoms with Crippen molar-refractivity contribution >= 4 is 21.6 Å². The Morgan fingerprint density at radius 1 is 1.07 bits per heavy atom. The molecule has 0 saturated carbocycles. The minimum absolute atomic E-state index is 0.0287. The number of hydrogen-bond donors (Lipinski definition) is 2. The van der Waals surface area contributed by atoms with Crippen LogP contribution in [0.4, 0.5) is 5.69 Å². The van der Waals surface area contributed by atoms with Crippen LogP contribution in [0.2, 0.25) is 0 Å². The van der Waals surface area contributed by atoms with Crippen LogP contribution >= 0.6 is 0 Å². The van der Waals surface area contributed by atoms with Crippen LogP contribution in [0.5, 0.6) is 17.2 Å². The number of anilines is 1. The number of sulfonamides is 1. The Labute approximate surface area is 163 Å². The zero-order valence-electron chi connectivity index (χ0n) is 15.6. The van der Waals surface area contributed by atoms with Crippen LogP contribution in [0.1, 0.15) is 23.2 Å². The van der Waals surface area contributed by atoms with Crippen LogP contribution in [-0.2, 0) is 10.0 Å². The van der Waals surface area contributed by atoms with Crippen molar-refractivity contribution in [1.29, 1.82) is 0 Å². The van der Waals surface area contributed by atoms with Gasteiger partial charge in [-0.05, 0) is 43.2 Å². The maximum absolute atomic E-state index is 12.7. The second kappa shape index (κ2) is 8.07. The minimum atomic E-state index is -3.71. The largest absolute Gasteiger partial charge is 0.507 e. The molecular formula is C19H22N2O6S. The predicted octanol–water partition coefficient (Wildman–Crippen LogP) is 2.45. The molecule has 28 heavy (non-hydrogen) atoms. The Morgan fingerprint density at radius 3 is 2.43 bits per heavy atom. The van der Waals surface area contributed by atoms with Gasteiger partial charge < -0.3 is 19.9 Å². The molecule has 2 N–H and O–H groups in total. The average Bonchev–Trinajstić information content (AvgIpc) is 3.24. The van der Waals surface area contributed by atoms with Gasteiger partial charge in [0.15, 0.2) is 0 Å². The van der Waals surface area contributed by atoms with E-state index >= 15 is 0 Å². The first-order chi connectivity index (χ1) is 13.4. The summed E-state index contributed by atoms with van der Waals surface area (Å²) in [6.07, 6.45) is 1.61. The van der Waals surface area contributed by atoms with Crippen molar-refractivity contribution in [3.63, 3.8) is 0 Å². The number of amides is 1. The lowest BCUT2D eigenvalue weighted by molar-refractivity contribution is 0.102. The molecule has 0 spiro atoms. The highest BCUT2D eigenvalue weighted by Crippen LogP contribution is 2.31. The molecule has 1 aliphatic rings. The van der Waals surface area contributed by atoms with Gasteiger partial charge in [0.1, 0.15) is 17.2 Å². The lowest BCUT2D eigenvalue weighted by Gasteiger charge is -2.17. The normalized spacial score (nSPS) is 14.6. The molecule has 1 amide bonds. The number of benzene rings is 2. The van der Waals surface area contributed by atoms with Crippen molar-refractivity contribution in [3.8, 4) is 17.2 Å². The second-order valence-corrected chi connectivity index (χ2v) is 8.25. The van der Waals surface area contributed by atoms with E-state index in [2.05, 4.69) is 5.32 Å². The molecule has 0 bridgehead atoms. The molecular weight excluding hydrogens is 384 g/mol. The number of rotatable bonds is 6. The fourth-order valence-electron chi connectivity index (χ4n) is 3.03. The molecule has 3 rings (SSSR count). The second-order valence-electron chi connectivity index (χ2n) is 6.31. The molecule has 8 nitrogen and oxygen atoms in total. The lowest BCUT2D eigenvalue weighted by Crippen LogP contribution is -2.28. The number of carbonyl (C=O) groups is 1. The Bertz CT molecular complexity index is 984. The molecule has 0 aliphatic carbocycles. The summed E-state index contributed by atoms with van der Waals surface area (Å²) in [5, 5.41) is 12.7. The molecule has 2 aromatic rings. The van der Waals surface area contributed by atoms with E-state index in [9.17, 15) is 18.3 Å². The summed E-state index contributed by atoms with van der Waals surface area (Å²) < 4.78 is 37.2. The Kier molecular flexibility index (Phi) is 5.76. The maximum Gasteiger partial charge on any atom is 0.259 e. The summed E-state index contributed by atoms with van der Waals surface area (Å²) in [5.41, 5.74) is 0.221. The fourth-order valence-corrected chi connectivity index (χ4v) is 4.57. The van der Waals surface area contributed by atoms with E-state index in [1.54, 1.807) is 18.2 Å². The van der Waals surface area contributed by atoms with Gasteiger partial charge in [-0.25, -0.2) is 8.42 Å². The highest BCUT2D eigenvalue weighted by Gasteiger charge is 2.28. The van der Waals surface area contributed by atoms with Gasteiger partial charge in [-0.3, -0.25) is 4.79 Å². The van der Waals surface area contributed by atoms with Crippen LogP contribution in [0.15, 0.2) is 41.3 Å². The smallest absolute Gasteiger partial charge is 0.259 e. The first-order valence-electron chi connectivity index (χ1n) is 8.73. The van der Waals surface area contributed by atoms with E-state index in [1.807, 2.05) is 0 Å². The first-order valence-corrected chi connectivity index (χ1v) is 10.2. The monoisotopic (exact) mass is 406 g/mol. The number of nitrogens with zero attached hydrogens (tertiary/aromatic N) is 1.